The molecule has 2 N–H and O–H groups in total. The molecule has 1 aliphatic rings. The number of hydrogen-bond acceptors (Lipinski definition) is 2. The summed E-state index contributed by atoms with van der Waals surface area (Å²) in [7, 11) is 0. The van der Waals surface area contributed by atoms with E-state index in [9.17, 15) is 4.79 Å². The van der Waals surface area contributed by atoms with Crippen molar-refractivity contribution in [1.82, 2.24) is 4.90 Å². The second kappa shape index (κ2) is 6.89. The van der Waals surface area contributed by atoms with Gasteiger partial charge in [0.15, 0.2) is 0 Å². The molecule has 0 aromatic carbocycles. The molecule has 0 spiro atoms. The Morgan fingerprint density at radius 2 is 2.00 bits per heavy atom. The summed E-state index contributed by atoms with van der Waals surface area (Å²) in [5, 5.41) is 0. The molecule has 0 aliphatic heterocycles. The van der Waals surface area contributed by atoms with Crippen LogP contribution in [0.1, 0.15) is 52.4 Å². The van der Waals surface area contributed by atoms with Gasteiger partial charge >= 0.3 is 0 Å². The Hall–Kier alpha value is -0.570. The molecule has 3 nitrogen and oxygen atoms in total. The topological polar surface area (TPSA) is 46.3 Å². The largest absolute Gasteiger partial charge is 0.343 e. The van der Waals surface area contributed by atoms with Gasteiger partial charge in [0.05, 0.1) is 5.92 Å². The highest BCUT2D eigenvalue weighted by atomic mass is 16.2. The van der Waals surface area contributed by atoms with E-state index in [1.807, 2.05) is 4.90 Å². The molecule has 1 fully saturated rings. The number of rotatable bonds is 5. The second-order valence-corrected chi connectivity index (χ2v) is 4.83. The molecule has 94 valence electrons. The molecule has 1 rings (SSSR count). The highest BCUT2D eigenvalue weighted by molar-refractivity contribution is 5.79. The summed E-state index contributed by atoms with van der Waals surface area (Å²) in [6.45, 7) is 5.93. The highest BCUT2D eigenvalue weighted by Gasteiger charge is 2.30. The Morgan fingerprint density at radius 1 is 1.31 bits per heavy atom. The van der Waals surface area contributed by atoms with Gasteiger partial charge in [-0.2, -0.15) is 0 Å². The van der Waals surface area contributed by atoms with Crippen LogP contribution in [0.4, 0.5) is 0 Å². The highest BCUT2D eigenvalue weighted by Crippen LogP contribution is 2.24. The Bertz CT molecular complexity index is 218. The molecule has 2 atom stereocenters. The van der Waals surface area contributed by atoms with Crippen molar-refractivity contribution in [3.05, 3.63) is 0 Å². The van der Waals surface area contributed by atoms with Crippen molar-refractivity contribution in [2.75, 3.05) is 13.1 Å². The monoisotopic (exact) mass is 226 g/mol. The molecule has 0 aromatic rings. The minimum atomic E-state index is 0.0885. The smallest absolute Gasteiger partial charge is 0.227 e. The number of hydrogen-bond donors (Lipinski definition) is 1. The summed E-state index contributed by atoms with van der Waals surface area (Å²) in [6, 6.07) is 0.0944. The van der Waals surface area contributed by atoms with Gasteiger partial charge in [0.25, 0.3) is 0 Å². The first-order valence-corrected chi connectivity index (χ1v) is 6.75. The summed E-state index contributed by atoms with van der Waals surface area (Å²) < 4.78 is 0. The standard InChI is InChI=1S/C13H26N2O/c1-3-5-10-15(4-2)13(16)11-8-6-7-9-12(11)14/h11-12H,3-10,14H2,1-2H3. The molecule has 0 bridgehead atoms. The van der Waals surface area contributed by atoms with Gasteiger partial charge in [-0.1, -0.05) is 26.2 Å². The third kappa shape index (κ3) is 3.48. The van der Waals surface area contributed by atoms with Crippen molar-refractivity contribution in [2.45, 2.75) is 58.4 Å². The van der Waals surface area contributed by atoms with Gasteiger partial charge in [-0.3, -0.25) is 4.79 Å². The minimum absolute atomic E-state index is 0.0885. The number of amides is 1. The van der Waals surface area contributed by atoms with Crippen LogP contribution in [-0.4, -0.2) is 29.9 Å². The molecule has 16 heavy (non-hydrogen) atoms. The van der Waals surface area contributed by atoms with Crippen LogP contribution in [-0.2, 0) is 4.79 Å². The minimum Gasteiger partial charge on any atom is -0.343 e. The molecule has 1 amide bonds. The second-order valence-electron chi connectivity index (χ2n) is 4.83. The van der Waals surface area contributed by atoms with E-state index < -0.39 is 0 Å². The maximum atomic E-state index is 12.3. The lowest BCUT2D eigenvalue weighted by Crippen LogP contribution is -2.46. The zero-order valence-electron chi connectivity index (χ0n) is 10.7. The number of carbonyl (C=O) groups excluding carboxylic acids is 1. The summed E-state index contributed by atoms with van der Waals surface area (Å²) in [5.41, 5.74) is 6.05. The molecule has 0 radical (unpaired) electrons. The number of unbranched alkanes of at least 4 members (excludes halogenated alkanes) is 1. The lowest BCUT2D eigenvalue weighted by Gasteiger charge is -2.32. The molecule has 1 saturated carbocycles. The van der Waals surface area contributed by atoms with Gasteiger partial charge in [0.1, 0.15) is 0 Å². The van der Waals surface area contributed by atoms with E-state index >= 15 is 0 Å². The SMILES string of the molecule is CCCCN(CC)C(=O)C1CCCCC1N. The predicted molar refractivity (Wildman–Crippen MR) is 67.1 cm³/mol. The first-order valence-electron chi connectivity index (χ1n) is 6.75. The van der Waals surface area contributed by atoms with Crippen molar-refractivity contribution in [1.29, 1.82) is 0 Å². The summed E-state index contributed by atoms with van der Waals surface area (Å²) in [5.74, 6) is 0.383. The maximum Gasteiger partial charge on any atom is 0.227 e. The zero-order chi connectivity index (χ0) is 12.0. The van der Waals surface area contributed by atoms with Crippen molar-refractivity contribution in [3.8, 4) is 0 Å². The Labute approximate surface area is 99.4 Å². The van der Waals surface area contributed by atoms with Crippen LogP contribution in [0.3, 0.4) is 0 Å². The van der Waals surface area contributed by atoms with Crippen molar-refractivity contribution < 1.29 is 4.79 Å². The van der Waals surface area contributed by atoms with Crippen LogP contribution < -0.4 is 5.73 Å². The molecule has 3 heteroatoms. The van der Waals surface area contributed by atoms with Crippen molar-refractivity contribution >= 4 is 5.91 Å². The Balaban J connectivity index is 2.51. The van der Waals surface area contributed by atoms with Crippen LogP contribution in [0.25, 0.3) is 0 Å². The van der Waals surface area contributed by atoms with E-state index in [2.05, 4.69) is 13.8 Å². The Kier molecular flexibility index (Phi) is 5.81. The summed E-state index contributed by atoms with van der Waals surface area (Å²) >= 11 is 0. The van der Waals surface area contributed by atoms with Gasteiger partial charge in [-0.25, -0.2) is 0 Å². The first kappa shape index (κ1) is 13.5. The van der Waals surface area contributed by atoms with Gasteiger partial charge in [-0.05, 0) is 26.2 Å². The molecule has 0 saturated heterocycles. The van der Waals surface area contributed by atoms with Crippen LogP contribution in [0, 0.1) is 5.92 Å². The predicted octanol–water partition coefficient (Wildman–Crippen LogP) is 2.15. The van der Waals surface area contributed by atoms with Gasteiger partial charge in [0.2, 0.25) is 5.91 Å². The van der Waals surface area contributed by atoms with Crippen LogP contribution in [0.15, 0.2) is 0 Å². The Morgan fingerprint density at radius 3 is 2.56 bits per heavy atom. The van der Waals surface area contributed by atoms with E-state index in [0.717, 1.165) is 45.2 Å². The van der Waals surface area contributed by atoms with E-state index in [1.165, 1.54) is 6.42 Å². The average molecular weight is 226 g/mol. The van der Waals surface area contributed by atoms with Gasteiger partial charge < -0.3 is 10.6 Å². The third-order valence-corrected chi connectivity index (χ3v) is 3.61. The first-order chi connectivity index (χ1) is 7.70. The van der Waals surface area contributed by atoms with E-state index in [4.69, 9.17) is 5.73 Å². The van der Waals surface area contributed by atoms with Crippen molar-refractivity contribution in [2.24, 2.45) is 11.7 Å². The third-order valence-electron chi connectivity index (χ3n) is 3.61. The lowest BCUT2D eigenvalue weighted by molar-refractivity contribution is -0.137. The van der Waals surface area contributed by atoms with Crippen LogP contribution >= 0.6 is 0 Å². The van der Waals surface area contributed by atoms with Gasteiger partial charge in [0, 0.05) is 19.1 Å². The van der Waals surface area contributed by atoms with E-state index in [0.29, 0.717) is 5.91 Å². The van der Waals surface area contributed by atoms with Crippen LogP contribution in [0.5, 0.6) is 0 Å². The van der Waals surface area contributed by atoms with E-state index in [-0.39, 0.29) is 12.0 Å². The number of carbonyl (C=O) groups is 1. The zero-order valence-corrected chi connectivity index (χ0v) is 10.7. The molecule has 0 aromatic heterocycles. The summed E-state index contributed by atoms with van der Waals surface area (Å²) in [6.07, 6.45) is 6.59. The van der Waals surface area contributed by atoms with E-state index in [1.54, 1.807) is 0 Å². The fourth-order valence-electron chi connectivity index (χ4n) is 2.47. The normalized spacial score (nSPS) is 25.4. The molecule has 2 unspecified atom stereocenters. The van der Waals surface area contributed by atoms with Crippen molar-refractivity contribution in [3.63, 3.8) is 0 Å². The van der Waals surface area contributed by atoms with Crippen LogP contribution in [0.2, 0.25) is 0 Å². The number of nitrogens with two attached hydrogens (primary N) is 1. The lowest BCUT2D eigenvalue weighted by atomic mass is 9.84. The molecule has 1 aliphatic carbocycles. The van der Waals surface area contributed by atoms with Gasteiger partial charge in [-0.15, -0.1) is 0 Å². The molecule has 0 heterocycles. The fourth-order valence-corrected chi connectivity index (χ4v) is 2.47. The fraction of sp³-hybridized carbons (Fsp3) is 0.923. The number of nitrogens with zero attached hydrogens (tertiary/aromatic N) is 1. The average Bonchev–Trinajstić information content (AvgIpc) is 2.30. The quantitative estimate of drug-likeness (QED) is 0.781. The summed E-state index contributed by atoms with van der Waals surface area (Å²) in [4.78, 5) is 14.3. The maximum absolute atomic E-state index is 12.3. The molecular weight excluding hydrogens is 200 g/mol. The molecular formula is C13H26N2O.